The highest BCUT2D eigenvalue weighted by molar-refractivity contribution is 7.88. The first kappa shape index (κ1) is 18.8. The zero-order valence-electron chi connectivity index (χ0n) is 14.2. The molecule has 8 heteroatoms. The quantitative estimate of drug-likeness (QED) is 0.725. The molecule has 134 valence electrons. The molecule has 1 atom stereocenters. The number of ether oxygens (including phenoxy) is 1. The summed E-state index contributed by atoms with van der Waals surface area (Å²) in [6.45, 7) is 3.69. The zero-order chi connectivity index (χ0) is 17.6. The van der Waals surface area contributed by atoms with Crippen molar-refractivity contribution in [2.45, 2.75) is 32.4 Å². The Morgan fingerprint density at radius 1 is 1.50 bits per heavy atom. The van der Waals surface area contributed by atoms with E-state index in [2.05, 4.69) is 4.98 Å². The summed E-state index contributed by atoms with van der Waals surface area (Å²) in [6.07, 6.45) is 6.06. The fourth-order valence-electron chi connectivity index (χ4n) is 2.89. The van der Waals surface area contributed by atoms with Gasteiger partial charge in [0.25, 0.3) is 0 Å². The van der Waals surface area contributed by atoms with Crippen molar-refractivity contribution < 1.29 is 17.9 Å². The lowest BCUT2D eigenvalue weighted by molar-refractivity contribution is -0.137. The largest absolute Gasteiger partial charge is 0.372 e. The van der Waals surface area contributed by atoms with Crippen LogP contribution in [0.5, 0.6) is 0 Å². The number of piperidine rings is 1. The molecule has 1 saturated heterocycles. The van der Waals surface area contributed by atoms with Gasteiger partial charge in [0, 0.05) is 44.7 Å². The lowest BCUT2D eigenvalue weighted by Crippen LogP contribution is -2.51. The topological polar surface area (TPSA) is 79.8 Å². The van der Waals surface area contributed by atoms with Crippen LogP contribution in [-0.2, 0) is 26.1 Å². The summed E-state index contributed by atoms with van der Waals surface area (Å²) in [5.41, 5.74) is 0.834. The Labute approximate surface area is 143 Å². The molecule has 0 spiro atoms. The third-order valence-electron chi connectivity index (χ3n) is 4.07. The van der Waals surface area contributed by atoms with Crippen LogP contribution in [0.15, 0.2) is 24.5 Å². The summed E-state index contributed by atoms with van der Waals surface area (Å²) in [4.78, 5) is 17.9. The molecule has 1 aliphatic heterocycles. The Morgan fingerprint density at radius 3 is 2.92 bits per heavy atom. The van der Waals surface area contributed by atoms with E-state index in [0.717, 1.165) is 18.4 Å². The maximum absolute atomic E-state index is 12.3. The van der Waals surface area contributed by atoms with Crippen LogP contribution in [0.2, 0.25) is 0 Å². The number of carbonyl (C=O) groups excluding carboxylic acids is 1. The van der Waals surface area contributed by atoms with Crippen molar-refractivity contribution >= 4 is 15.9 Å². The number of aromatic nitrogens is 1. The van der Waals surface area contributed by atoms with E-state index >= 15 is 0 Å². The van der Waals surface area contributed by atoms with E-state index in [9.17, 15) is 13.2 Å². The van der Waals surface area contributed by atoms with Gasteiger partial charge >= 0.3 is 0 Å². The Balaban J connectivity index is 2.10. The average Bonchev–Trinajstić information content (AvgIpc) is 2.57. The molecule has 1 aromatic rings. The number of sulfonamides is 1. The molecule has 24 heavy (non-hydrogen) atoms. The maximum Gasteiger partial charge on any atom is 0.248 e. The lowest BCUT2D eigenvalue weighted by Gasteiger charge is -2.38. The van der Waals surface area contributed by atoms with Gasteiger partial charge in [-0.15, -0.1) is 0 Å². The van der Waals surface area contributed by atoms with E-state index in [1.807, 2.05) is 13.0 Å². The average molecular weight is 355 g/mol. The van der Waals surface area contributed by atoms with Crippen molar-refractivity contribution in [2.24, 2.45) is 0 Å². The monoisotopic (exact) mass is 355 g/mol. The SMILES string of the molecule is CCOCC(=O)N1CCCC(N(Cc2cccnc2)S(C)(=O)=O)C1. The minimum Gasteiger partial charge on any atom is -0.372 e. The Morgan fingerprint density at radius 2 is 2.29 bits per heavy atom. The van der Waals surface area contributed by atoms with Gasteiger partial charge in [-0.2, -0.15) is 4.31 Å². The highest BCUT2D eigenvalue weighted by atomic mass is 32.2. The van der Waals surface area contributed by atoms with Crippen molar-refractivity contribution in [2.75, 3.05) is 32.6 Å². The molecule has 2 rings (SSSR count). The number of carbonyl (C=O) groups is 1. The Hall–Kier alpha value is -1.51. The van der Waals surface area contributed by atoms with Crippen molar-refractivity contribution in [1.82, 2.24) is 14.2 Å². The number of hydrogen-bond donors (Lipinski definition) is 0. The van der Waals surface area contributed by atoms with E-state index in [0.29, 0.717) is 19.7 Å². The van der Waals surface area contributed by atoms with Crippen LogP contribution in [0.1, 0.15) is 25.3 Å². The first-order valence-corrected chi connectivity index (χ1v) is 9.98. The third kappa shape index (κ3) is 5.25. The summed E-state index contributed by atoms with van der Waals surface area (Å²) in [5.74, 6) is -0.0867. The highest BCUT2D eigenvalue weighted by Gasteiger charge is 2.32. The fourth-order valence-corrected chi connectivity index (χ4v) is 3.98. The normalized spacial score (nSPS) is 18.8. The van der Waals surface area contributed by atoms with Crippen LogP contribution in [0.4, 0.5) is 0 Å². The number of rotatable bonds is 7. The molecule has 0 radical (unpaired) electrons. The minimum atomic E-state index is -3.39. The second-order valence-electron chi connectivity index (χ2n) is 5.94. The molecule has 1 aromatic heterocycles. The van der Waals surface area contributed by atoms with Crippen LogP contribution in [-0.4, -0.2) is 67.1 Å². The van der Waals surface area contributed by atoms with Gasteiger partial charge in [-0.25, -0.2) is 8.42 Å². The van der Waals surface area contributed by atoms with E-state index < -0.39 is 10.0 Å². The van der Waals surface area contributed by atoms with E-state index in [-0.39, 0.29) is 25.1 Å². The van der Waals surface area contributed by atoms with Gasteiger partial charge in [-0.05, 0) is 31.4 Å². The molecule has 0 aromatic carbocycles. The fraction of sp³-hybridized carbons (Fsp3) is 0.625. The molecule has 2 heterocycles. The molecule has 1 amide bonds. The highest BCUT2D eigenvalue weighted by Crippen LogP contribution is 2.21. The molecular weight excluding hydrogens is 330 g/mol. The second kappa shape index (κ2) is 8.55. The van der Waals surface area contributed by atoms with Crippen LogP contribution in [0.3, 0.4) is 0 Å². The van der Waals surface area contributed by atoms with Gasteiger partial charge in [-0.1, -0.05) is 6.07 Å². The van der Waals surface area contributed by atoms with Crippen LogP contribution < -0.4 is 0 Å². The number of pyridine rings is 1. The first-order valence-electron chi connectivity index (χ1n) is 8.13. The summed E-state index contributed by atoms with van der Waals surface area (Å²) >= 11 is 0. The van der Waals surface area contributed by atoms with E-state index in [1.165, 1.54) is 10.6 Å². The molecule has 0 aliphatic carbocycles. The van der Waals surface area contributed by atoms with Gasteiger partial charge in [0.2, 0.25) is 15.9 Å². The van der Waals surface area contributed by atoms with Crippen LogP contribution in [0, 0.1) is 0 Å². The van der Waals surface area contributed by atoms with Gasteiger partial charge in [0.05, 0.1) is 6.26 Å². The molecule has 7 nitrogen and oxygen atoms in total. The Bertz CT molecular complexity index is 636. The maximum atomic E-state index is 12.3. The summed E-state index contributed by atoms with van der Waals surface area (Å²) in [7, 11) is -3.39. The third-order valence-corrected chi connectivity index (χ3v) is 5.35. The molecule has 0 bridgehead atoms. The summed E-state index contributed by atoms with van der Waals surface area (Å²) in [5, 5.41) is 0. The predicted octanol–water partition coefficient (Wildman–Crippen LogP) is 0.871. The zero-order valence-corrected chi connectivity index (χ0v) is 15.0. The first-order chi connectivity index (χ1) is 11.4. The number of amides is 1. The van der Waals surface area contributed by atoms with E-state index in [4.69, 9.17) is 4.74 Å². The Kier molecular flexibility index (Phi) is 6.70. The molecular formula is C16H25N3O4S. The molecule has 1 aliphatic rings. The molecule has 1 fully saturated rings. The van der Waals surface area contributed by atoms with Crippen LogP contribution in [0.25, 0.3) is 0 Å². The van der Waals surface area contributed by atoms with Crippen LogP contribution >= 0.6 is 0 Å². The lowest BCUT2D eigenvalue weighted by atomic mass is 10.1. The van der Waals surface area contributed by atoms with Crippen molar-refractivity contribution in [3.63, 3.8) is 0 Å². The van der Waals surface area contributed by atoms with Gasteiger partial charge in [0.1, 0.15) is 6.61 Å². The molecule has 1 unspecified atom stereocenters. The number of nitrogens with zero attached hydrogens (tertiary/aromatic N) is 3. The van der Waals surface area contributed by atoms with Gasteiger partial charge in [0.15, 0.2) is 0 Å². The van der Waals surface area contributed by atoms with Gasteiger partial charge < -0.3 is 9.64 Å². The molecule has 0 saturated carbocycles. The van der Waals surface area contributed by atoms with Crippen molar-refractivity contribution in [1.29, 1.82) is 0 Å². The summed E-state index contributed by atoms with van der Waals surface area (Å²) < 4.78 is 31.2. The van der Waals surface area contributed by atoms with Crippen molar-refractivity contribution in [3.8, 4) is 0 Å². The summed E-state index contributed by atoms with van der Waals surface area (Å²) in [6, 6.07) is 3.42. The molecule has 0 N–H and O–H groups in total. The van der Waals surface area contributed by atoms with Gasteiger partial charge in [-0.3, -0.25) is 9.78 Å². The van der Waals surface area contributed by atoms with Crippen molar-refractivity contribution in [3.05, 3.63) is 30.1 Å². The minimum absolute atomic E-state index is 0.0463. The predicted molar refractivity (Wildman–Crippen MR) is 90.7 cm³/mol. The number of hydrogen-bond acceptors (Lipinski definition) is 5. The smallest absolute Gasteiger partial charge is 0.248 e. The second-order valence-corrected chi connectivity index (χ2v) is 7.88. The standard InChI is InChI=1S/C16H25N3O4S/c1-3-23-13-16(20)18-9-5-7-15(12-18)19(24(2,21)22)11-14-6-4-8-17-10-14/h4,6,8,10,15H,3,5,7,9,11-13H2,1-2H3. The van der Waals surface area contributed by atoms with E-state index in [1.54, 1.807) is 23.4 Å². The number of likely N-dealkylation sites (tertiary alicyclic amines) is 1.